The Bertz CT molecular complexity index is 1280. The van der Waals surface area contributed by atoms with Crippen molar-refractivity contribution < 1.29 is 22.7 Å². The molecule has 3 heterocycles. The molecule has 4 rings (SSSR count). The van der Waals surface area contributed by atoms with Crippen LogP contribution in [0.3, 0.4) is 0 Å². The second kappa shape index (κ2) is 11.0. The van der Waals surface area contributed by atoms with E-state index in [-0.39, 0.29) is 28.6 Å². The van der Waals surface area contributed by atoms with Crippen LogP contribution in [0, 0.1) is 0 Å². The highest BCUT2D eigenvalue weighted by atomic mass is 32.2. The van der Waals surface area contributed by atoms with Crippen LogP contribution >= 0.6 is 0 Å². The zero-order valence-electron chi connectivity index (χ0n) is 20.8. The molecule has 2 aromatic rings. The van der Waals surface area contributed by atoms with Crippen molar-refractivity contribution >= 4 is 32.9 Å². The van der Waals surface area contributed by atoms with Crippen molar-refractivity contribution in [3.05, 3.63) is 40.2 Å². The van der Waals surface area contributed by atoms with Crippen molar-refractivity contribution in [2.24, 2.45) is 0 Å². The molecule has 1 aromatic carbocycles. The summed E-state index contributed by atoms with van der Waals surface area (Å²) in [5.41, 5.74) is 0.0844. The number of benzene rings is 1. The van der Waals surface area contributed by atoms with Gasteiger partial charge in [0.15, 0.2) is 0 Å². The lowest BCUT2D eigenvalue weighted by atomic mass is 10.0. The Morgan fingerprint density at radius 1 is 1.08 bits per heavy atom. The van der Waals surface area contributed by atoms with Gasteiger partial charge in [0.1, 0.15) is 0 Å². The van der Waals surface area contributed by atoms with Crippen LogP contribution in [-0.4, -0.2) is 72.9 Å². The van der Waals surface area contributed by atoms with Gasteiger partial charge in [-0.05, 0) is 57.2 Å². The first-order valence-electron chi connectivity index (χ1n) is 12.7. The second-order valence-corrected chi connectivity index (χ2v) is 11.3. The van der Waals surface area contributed by atoms with Gasteiger partial charge in [-0.2, -0.15) is 4.31 Å². The van der Waals surface area contributed by atoms with Crippen LogP contribution in [0.25, 0.3) is 10.9 Å². The van der Waals surface area contributed by atoms with Crippen molar-refractivity contribution in [1.82, 2.24) is 19.5 Å². The topological polar surface area (TPSA) is 129 Å². The van der Waals surface area contributed by atoms with E-state index in [1.54, 1.807) is 22.2 Å². The molecule has 1 unspecified atom stereocenters. The summed E-state index contributed by atoms with van der Waals surface area (Å²) in [5, 5.41) is 3.33. The molecule has 2 saturated heterocycles. The Hall–Kier alpha value is -2.92. The van der Waals surface area contributed by atoms with Gasteiger partial charge in [-0.15, -0.1) is 0 Å². The average Bonchev–Trinajstić information content (AvgIpc) is 2.88. The molecule has 1 atom stereocenters. The van der Waals surface area contributed by atoms with Gasteiger partial charge < -0.3 is 19.9 Å². The second-order valence-electron chi connectivity index (χ2n) is 9.36. The molecule has 196 valence electrons. The maximum absolute atomic E-state index is 13.5. The van der Waals surface area contributed by atoms with Crippen LogP contribution < -0.4 is 10.9 Å². The van der Waals surface area contributed by atoms with E-state index in [0.717, 1.165) is 25.7 Å². The SMILES string of the molecule is CCOC(=O)N1CCC(NC(=O)c2cc(=O)[nH]c3ccc(S(=O)(=O)N4CCCCC4CC)cc23)CC1. The van der Waals surface area contributed by atoms with Gasteiger partial charge in [0, 0.05) is 48.7 Å². The minimum absolute atomic E-state index is 0.0433. The number of ether oxygens (including phenoxy) is 1. The largest absolute Gasteiger partial charge is 0.450 e. The number of aromatic amines is 1. The number of carbonyl (C=O) groups is 2. The Morgan fingerprint density at radius 3 is 2.53 bits per heavy atom. The van der Waals surface area contributed by atoms with Crippen LogP contribution in [0.2, 0.25) is 0 Å². The number of hydrogen-bond donors (Lipinski definition) is 2. The van der Waals surface area contributed by atoms with E-state index >= 15 is 0 Å². The van der Waals surface area contributed by atoms with Crippen LogP contribution in [0.1, 0.15) is 62.7 Å². The third kappa shape index (κ3) is 5.41. The highest BCUT2D eigenvalue weighted by Gasteiger charge is 2.33. The third-order valence-corrected chi connectivity index (χ3v) is 9.01. The van der Waals surface area contributed by atoms with E-state index in [9.17, 15) is 22.8 Å². The molecular weight excluding hydrogens is 484 g/mol. The molecular formula is C25H34N4O6S. The summed E-state index contributed by atoms with van der Waals surface area (Å²) in [7, 11) is -3.75. The van der Waals surface area contributed by atoms with Crippen molar-refractivity contribution in [3.63, 3.8) is 0 Å². The number of amides is 2. The Kier molecular flexibility index (Phi) is 7.99. The highest BCUT2D eigenvalue weighted by Crippen LogP contribution is 2.29. The molecule has 0 spiro atoms. The third-order valence-electron chi connectivity index (χ3n) is 7.07. The number of pyridine rings is 1. The van der Waals surface area contributed by atoms with Crippen molar-refractivity contribution in [1.29, 1.82) is 0 Å². The lowest BCUT2D eigenvalue weighted by Crippen LogP contribution is -2.46. The molecule has 10 nitrogen and oxygen atoms in total. The smallest absolute Gasteiger partial charge is 0.409 e. The number of carbonyl (C=O) groups excluding carboxylic acids is 2. The number of hydrogen-bond acceptors (Lipinski definition) is 6. The Morgan fingerprint density at radius 2 is 1.83 bits per heavy atom. The molecule has 0 saturated carbocycles. The van der Waals surface area contributed by atoms with E-state index in [1.165, 1.54) is 18.2 Å². The summed E-state index contributed by atoms with van der Waals surface area (Å²) in [4.78, 5) is 41.8. The molecule has 2 aliphatic rings. The number of aromatic nitrogens is 1. The number of piperidine rings is 2. The quantitative estimate of drug-likeness (QED) is 0.605. The molecule has 2 amide bonds. The van der Waals surface area contributed by atoms with E-state index in [2.05, 4.69) is 10.3 Å². The van der Waals surface area contributed by atoms with E-state index in [0.29, 0.717) is 50.0 Å². The van der Waals surface area contributed by atoms with Gasteiger partial charge >= 0.3 is 6.09 Å². The lowest BCUT2D eigenvalue weighted by molar-refractivity contribution is 0.0861. The summed E-state index contributed by atoms with van der Waals surface area (Å²) < 4.78 is 33.6. The minimum Gasteiger partial charge on any atom is -0.450 e. The van der Waals surface area contributed by atoms with E-state index in [4.69, 9.17) is 4.74 Å². The number of sulfonamides is 1. The molecule has 0 aliphatic carbocycles. The van der Waals surface area contributed by atoms with Crippen molar-refractivity contribution in [3.8, 4) is 0 Å². The maximum Gasteiger partial charge on any atom is 0.409 e. The zero-order valence-corrected chi connectivity index (χ0v) is 21.6. The van der Waals surface area contributed by atoms with Gasteiger partial charge in [-0.3, -0.25) is 9.59 Å². The Balaban J connectivity index is 1.58. The van der Waals surface area contributed by atoms with Gasteiger partial charge in [-0.25, -0.2) is 13.2 Å². The number of rotatable bonds is 6. The molecule has 2 fully saturated rings. The predicted molar refractivity (Wildman–Crippen MR) is 135 cm³/mol. The minimum atomic E-state index is -3.75. The fourth-order valence-electron chi connectivity index (χ4n) is 5.10. The zero-order chi connectivity index (χ0) is 25.9. The molecule has 11 heteroatoms. The molecule has 1 aromatic heterocycles. The average molecular weight is 519 g/mol. The number of fused-ring (bicyclic) bond motifs is 1. The summed E-state index contributed by atoms with van der Waals surface area (Å²) in [6.45, 7) is 5.43. The fourth-order valence-corrected chi connectivity index (χ4v) is 6.89. The van der Waals surface area contributed by atoms with Gasteiger partial charge in [0.2, 0.25) is 15.6 Å². The standard InChI is InChI=1S/C25H34N4O6S/c1-3-18-7-5-6-12-29(18)36(33,34)19-8-9-22-20(15-19)21(16-23(30)27-22)24(31)26-17-10-13-28(14-11-17)25(32)35-4-2/h8-9,15-18H,3-7,10-14H2,1-2H3,(H,26,31)(H,27,30). The van der Waals surface area contributed by atoms with Crippen molar-refractivity contribution in [2.75, 3.05) is 26.2 Å². The normalized spacial score (nSPS) is 19.8. The maximum atomic E-state index is 13.5. The molecule has 0 bridgehead atoms. The van der Waals surface area contributed by atoms with E-state index in [1.807, 2.05) is 6.92 Å². The first-order chi connectivity index (χ1) is 17.2. The number of nitrogens with zero attached hydrogens (tertiary/aromatic N) is 2. The van der Waals surface area contributed by atoms with Gasteiger partial charge in [0.25, 0.3) is 5.91 Å². The summed E-state index contributed by atoms with van der Waals surface area (Å²) in [5.74, 6) is -0.445. The monoisotopic (exact) mass is 518 g/mol. The molecule has 2 aliphatic heterocycles. The summed E-state index contributed by atoms with van der Waals surface area (Å²) in [6, 6.07) is 5.50. The highest BCUT2D eigenvalue weighted by molar-refractivity contribution is 7.89. The van der Waals surface area contributed by atoms with Crippen LogP contribution in [0.15, 0.2) is 34.0 Å². The van der Waals surface area contributed by atoms with Crippen LogP contribution in [0.4, 0.5) is 4.79 Å². The van der Waals surface area contributed by atoms with Gasteiger partial charge in [-0.1, -0.05) is 13.3 Å². The predicted octanol–water partition coefficient (Wildman–Crippen LogP) is 2.83. The van der Waals surface area contributed by atoms with Gasteiger partial charge in [0.05, 0.1) is 17.1 Å². The fraction of sp³-hybridized carbons (Fsp3) is 0.560. The molecule has 0 radical (unpaired) electrons. The summed E-state index contributed by atoms with van der Waals surface area (Å²) in [6.07, 6.45) is 4.14. The Labute approximate surface area is 211 Å². The first-order valence-corrected chi connectivity index (χ1v) is 14.1. The number of nitrogens with one attached hydrogen (secondary N) is 2. The molecule has 2 N–H and O–H groups in total. The number of H-pyrrole nitrogens is 1. The molecule has 36 heavy (non-hydrogen) atoms. The number of likely N-dealkylation sites (tertiary alicyclic amines) is 1. The van der Waals surface area contributed by atoms with Crippen LogP contribution in [-0.2, 0) is 14.8 Å². The van der Waals surface area contributed by atoms with Crippen LogP contribution in [0.5, 0.6) is 0 Å². The lowest BCUT2D eigenvalue weighted by Gasteiger charge is -2.34. The first kappa shape index (κ1) is 26.2. The van der Waals surface area contributed by atoms with E-state index < -0.39 is 21.5 Å². The summed E-state index contributed by atoms with van der Waals surface area (Å²) >= 11 is 0. The van der Waals surface area contributed by atoms with Crippen molar-refractivity contribution in [2.45, 2.75) is 69.4 Å².